The van der Waals surface area contributed by atoms with Crippen molar-refractivity contribution in [3.8, 4) is 0 Å². The Balaban J connectivity index is 1.64. The molecule has 2 heterocycles. The van der Waals surface area contributed by atoms with E-state index in [1.165, 1.54) is 0 Å². The van der Waals surface area contributed by atoms with Gasteiger partial charge in [-0.2, -0.15) is 10.1 Å². The van der Waals surface area contributed by atoms with Crippen molar-refractivity contribution >= 4 is 35.1 Å². The Labute approximate surface area is 157 Å². The molecule has 1 aromatic carbocycles. The highest BCUT2D eigenvalue weighted by molar-refractivity contribution is 6.31. The molecule has 26 heavy (non-hydrogen) atoms. The van der Waals surface area contributed by atoms with Crippen molar-refractivity contribution in [2.24, 2.45) is 0 Å². The van der Waals surface area contributed by atoms with Crippen molar-refractivity contribution in [3.63, 3.8) is 0 Å². The first-order valence-corrected chi connectivity index (χ1v) is 8.84. The molecule has 0 atom stereocenters. The fourth-order valence-electron chi connectivity index (χ4n) is 2.63. The van der Waals surface area contributed by atoms with Crippen molar-refractivity contribution in [1.29, 1.82) is 0 Å². The number of ether oxygens (including phenoxy) is 1. The van der Waals surface area contributed by atoms with Crippen LogP contribution in [0.1, 0.15) is 12.5 Å². The van der Waals surface area contributed by atoms with Gasteiger partial charge >= 0.3 is 6.09 Å². The van der Waals surface area contributed by atoms with Crippen LogP contribution in [0.5, 0.6) is 0 Å². The Kier molecular flexibility index (Phi) is 5.72. The monoisotopic (exact) mass is 376 g/mol. The van der Waals surface area contributed by atoms with Crippen LogP contribution in [-0.2, 0) is 4.74 Å². The number of piperazine rings is 1. The van der Waals surface area contributed by atoms with Gasteiger partial charge in [-0.05, 0) is 31.5 Å². The molecule has 0 bridgehead atoms. The topological polar surface area (TPSA) is 83.5 Å². The van der Waals surface area contributed by atoms with Gasteiger partial charge in [-0.15, -0.1) is 5.10 Å². The summed E-state index contributed by atoms with van der Waals surface area (Å²) in [6.45, 7) is 6.61. The fraction of sp³-hybridized carbons (Fsp3) is 0.412. The molecule has 3 rings (SSSR count). The van der Waals surface area contributed by atoms with Gasteiger partial charge in [-0.1, -0.05) is 17.7 Å². The molecule has 0 unspecified atom stereocenters. The first kappa shape index (κ1) is 18.2. The molecule has 1 aliphatic rings. The van der Waals surface area contributed by atoms with E-state index in [2.05, 4.69) is 25.4 Å². The van der Waals surface area contributed by atoms with Crippen molar-refractivity contribution < 1.29 is 9.53 Å². The van der Waals surface area contributed by atoms with E-state index in [4.69, 9.17) is 16.3 Å². The molecule has 1 aliphatic heterocycles. The Hall–Kier alpha value is -2.61. The smallest absolute Gasteiger partial charge is 0.409 e. The molecule has 1 aromatic heterocycles. The Morgan fingerprint density at radius 2 is 2.08 bits per heavy atom. The SMILES string of the molecule is CCOC(=O)N1CCN(c2cnnc(Nc3ccc(C)c(Cl)c3)n2)CC1. The van der Waals surface area contributed by atoms with Crippen molar-refractivity contribution in [1.82, 2.24) is 20.1 Å². The third-order valence-electron chi connectivity index (χ3n) is 4.10. The van der Waals surface area contributed by atoms with Gasteiger partial charge in [0.1, 0.15) is 0 Å². The summed E-state index contributed by atoms with van der Waals surface area (Å²) in [5, 5.41) is 11.8. The largest absolute Gasteiger partial charge is 0.450 e. The van der Waals surface area contributed by atoms with Crippen molar-refractivity contribution in [2.75, 3.05) is 43.0 Å². The van der Waals surface area contributed by atoms with E-state index in [9.17, 15) is 4.79 Å². The Morgan fingerprint density at radius 3 is 2.77 bits per heavy atom. The maximum atomic E-state index is 11.8. The summed E-state index contributed by atoms with van der Waals surface area (Å²) in [5.74, 6) is 1.11. The van der Waals surface area contributed by atoms with Gasteiger partial charge in [0.25, 0.3) is 0 Å². The lowest BCUT2D eigenvalue weighted by Crippen LogP contribution is -2.49. The lowest BCUT2D eigenvalue weighted by atomic mass is 10.2. The van der Waals surface area contributed by atoms with E-state index in [0.717, 1.165) is 11.3 Å². The van der Waals surface area contributed by atoms with Crippen LogP contribution in [0.3, 0.4) is 0 Å². The van der Waals surface area contributed by atoms with Crippen molar-refractivity contribution in [3.05, 3.63) is 35.0 Å². The quantitative estimate of drug-likeness (QED) is 0.878. The molecule has 8 nitrogen and oxygen atoms in total. The number of aryl methyl sites for hydroxylation is 1. The summed E-state index contributed by atoms with van der Waals surface area (Å²) < 4.78 is 5.04. The number of halogens is 1. The second kappa shape index (κ2) is 8.18. The third-order valence-corrected chi connectivity index (χ3v) is 4.51. The number of rotatable bonds is 4. The van der Waals surface area contributed by atoms with E-state index in [-0.39, 0.29) is 6.09 Å². The van der Waals surface area contributed by atoms with Gasteiger partial charge in [0.05, 0.1) is 12.8 Å². The summed E-state index contributed by atoms with van der Waals surface area (Å²) in [6.07, 6.45) is 1.35. The number of carbonyl (C=O) groups excluding carboxylic acids is 1. The number of aromatic nitrogens is 3. The van der Waals surface area contributed by atoms with E-state index in [1.54, 1.807) is 18.0 Å². The van der Waals surface area contributed by atoms with Crippen LogP contribution in [0.15, 0.2) is 24.4 Å². The molecular weight excluding hydrogens is 356 g/mol. The number of carbonyl (C=O) groups is 1. The first-order chi connectivity index (χ1) is 12.6. The van der Waals surface area contributed by atoms with Crippen LogP contribution in [0, 0.1) is 6.92 Å². The summed E-state index contributed by atoms with van der Waals surface area (Å²) in [4.78, 5) is 20.1. The van der Waals surface area contributed by atoms with Gasteiger partial charge in [0, 0.05) is 36.9 Å². The molecule has 0 radical (unpaired) electrons. The second-order valence-corrected chi connectivity index (χ2v) is 6.31. The van der Waals surface area contributed by atoms with E-state index < -0.39 is 0 Å². The van der Waals surface area contributed by atoms with Gasteiger partial charge in [-0.25, -0.2) is 4.79 Å². The van der Waals surface area contributed by atoms with Crippen LogP contribution >= 0.6 is 11.6 Å². The predicted molar refractivity (Wildman–Crippen MR) is 100 cm³/mol. The van der Waals surface area contributed by atoms with Crippen LogP contribution in [-0.4, -0.2) is 59.0 Å². The molecule has 138 valence electrons. The van der Waals surface area contributed by atoms with Crippen LogP contribution in [0.25, 0.3) is 0 Å². The minimum atomic E-state index is -0.272. The van der Waals surface area contributed by atoms with E-state index in [1.807, 2.05) is 25.1 Å². The zero-order chi connectivity index (χ0) is 18.5. The van der Waals surface area contributed by atoms with E-state index in [0.29, 0.717) is 49.6 Å². The van der Waals surface area contributed by atoms with Gasteiger partial charge < -0.3 is 19.9 Å². The predicted octanol–water partition coefficient (Wildman–Crippen LogP) is 2.86. The summed E-state index contributed by atoms with van der Waals surface area (Å²) in [7, 11) is 0. The van der Waals surface area contributed by atoms with Gasteiger partial charge in [0.2, 0.25) is 5.95 Å². The fourth-order valence-corrected chi connectivity index (χ4v) is 2.81. The van der Waals surface area contributed by atoms with Gasteiger partial charge in [-0.3, -0.25) is 0 Å². The molecule has 9 heteroatoms. The normalized spacial score (nSPS) is 14.3. The maximum absolute atomic E-state index is 11.8. The number of nitrogens with zero attached hydrogens (tertiary/aromatic N) is 5. The number of anilines is 3. The van der Waals surface area contributed by atoms with Gasteiger partial charge in [0.15, 0.2) is 5.82 Å². The highest BCUT2D eigenvalue weighted by Gasteiger charge is 2.23. The number of hydrogen-bond donors (Lipinski definition) is 1. The first-order valence-electron chi connectivity index (χ1n) is 8.46. The minimum Gasteiger partial charge on any atom is -0.450 e. The minimum absolute atomic E-state index is 0.272. The highest BCUT2D eigenvalue weighted by atomic mass is 35.5. The highest BCUT2D eigenvalue weighted by Crippen LogP contribution is 2.22. The number of nitrogens with one attached hydrogen (secondary N) is 1. The molecule has 2 aromatic rings. The number of benzene rings is 1. The average Bonchev–Trinajstić information content (AvgIpc) is 2.65. The molecule has 1 saturated heterocycles. The average molecular weight is 377 g/mol. The molecule has 0 spiro atoms. The zero-order valence-corrected chi connectivity index (χ0v) is 15.5. The molecule has 0 aliphatic carbocycles. The third kappa shape index (κ3) is 4.32. The molecule has 1 fully saturated rings. The standard InChI is InChI=1S/C17H21ClN6O2/c1-3-26-17(25)24-8-6-23(7-9-24)15-11-19-22-16(21-15)20-13-5-4-12(2)14(18)10-13/h4-5,10-11H,3,6-9H2,1-2H3,(H,20,21,22). The van der Waals surface area contributed by atoms with Crippen LogP contribution < -0.4 is 10.2 Å². The zero-order valence-electron chi connectivity index (χ0n) is 14.8. The molecule has 1 amide bonds. The molecule has 0 saturated carbocycles. The second-order valence-electron chi connectivity index (χ2n) is 5.90. The Morgan fingerprint density at radius 1 is 1.31 bits per heavy atom. The lowest BCUT2D eigenvalue weighted by Gasteiger charge is -2.34. The molecule has 1 N–H and O–H groups in total. The summed E-state index contributed by atoms with van der Waals surface area (Å²) >= 11 is 6.15. The van der Waals surface area contributed by atoms with Crippen molar-refractivity contribution in [2.45, 2.75) is 13.8 Å². The van der Waals surface area contributed by atoms with E-state index >= 15 is 0 Å². The number of hydrogen-bond acceptors (Lipinski definition) is 7. The Bertz CT molecular complexity index is 780. The van der Waals surface area contributed by atoms with Crippen LogP contribution in [0.4, 0.5) is 22.2 Å². The molecular formula is C17H21ClN6O2. The summed E-state index contributed by atoms with van der Waals surface area (Å²) in [5.41, 5.74) is 1.80. The maximum Gasteiger partial charge on any atom is 0.409 e. The van der Waals surface area contributed by atoms with Crippen LogP contribution in [0.2, 0.25) is 5.02 Å². The number of amides is 1. The lowest BCUT2D eigenvalue weighted by molar-refractivity contribution is 0.105. The summed E-state index contributed by atoms with van der Waals surface area (Å²) in [6, 6.07) is 5.66.